The monoisotopic (exact) mass is 416 g/mol. The molecule has 0 spiro atoms. The fraction of sp³-hybridized carbons (Fsp3) is 0.0435. The fourth-order valence-electron chi connectivity index (χ4n) is 2.97. The van der Waals surface area contributed by atoms with Gasteiger partial charge < -0.3 is 0 Å². The molecule has 0 aliphatic carbocycles. The summed E-state index contributed by atoms with van der Waals surface area (Å²) in [6.07, 6.45) is 3.98. The van der Waals surface area contributed by atoms with Gasteiger partial charge in [0.1, 0.15) is 5.52 Å². The van der Waals surface area contributed by atoms with Gasteiger partial charge >= 0.3 is 0 Å². The van der Waals surface area contributed by atoms with Gasteiger partial charge in [-0.3, -0.25) is 4.79 Å². The Morgan fingerprint density at radius 1 is 0.889 bits per heavy atom. The largest absolute Gasteiger partial charge is 0.288 e. The van der Waals surface area contributed by atoms with Crippen molar-refractivity contribution in [1.82, 2.24) is 9.78 Å². The lowest BCUT2D eigenvalue weighted by Gasteiger charge is -2.02. The summed E-state index contributed by atoms with van der Waals surface area (Å²) in [5.41, 5.74) is 4.45. The lowest BCUT2D eigenvalue weighted by molar-refractivity contribution is 0.902. The molecule has 0 fully saturated rings. The van der Waals surface area contributed by atoms with Crippen LogP contribution in [-0.4, -0.2) is 9.78 Å². The summed E-state index contributed by atoms with van der Waals surface area (Å²) in [7, 11) is 0. The Hall–Kier alpha value is -2.98. The zero-order valence-electron chi connectivity index (χ0n) is 14.8. The van der Waals surface area contributed by atoms with Crippen LogP contribution in [-0.2, 0) is 0 Å². The van der Waals surface area contributed by atoms with Crippen LogP contribution in [0.1, 0.15) is 16.8 Å². The minimum absolute atomic E-state index is 0.0552. The molecule has 132 valence electrons. The van der Waals surface area contributed by atoms with Crippen LogP contribution in [0.5, 0.6) is 0 Å². The molecular weight excluding hydrogens is 400 g/mol. The van der Waals surface area contributed by atoms with E-state index >= 15 is 0 Å². The number of hydrogen-bond acceptors (Lipinski definition) is 2. The van der Waals surface area contributed by atoms with E-state index in [1.807, 2.05) is 48.6 Å². The average Bonchev–Trinajstić information content (AvgIpc) is 2.92. The number of aryl methyl sites for hydroxylation is 1. The molecule has 3 aromatic carbocycles. The Morgan fingerprint density at radius 2 is 1.59 bits per heavy atom. The number of hydrogen-bond donors (Lipinski definition) is 0. The van der Waals surface area contributed by atoms with Crippen LogP contribution >= 0.6 is 15.9 Å². The normalized spacial score (nSPS) is 11.3. The van der Waals surface area contributed by atoms with E-state index in [1.165, 1.54) is 5.56 Å². The predicted molar refractivity (Wildman–Crippen MR) is 115 cm³/mol. The van der Waals surface area contributed by atoms with Crippen LogP contribution < -0.4 is 5.43 Å². The van der Waals surface area contributed by atoms with Crippen LogP contribution in [0.4, 0.5) is 0 Å². The molecule has 0 atom stereocenters. The van der Waals surface area contributed by atoms with Gasteiger partial charge in [-0.1, -0.05) is 70.0 Å². The molecule has 0 radical (unpaired) electrons. The van der Waals surface area contributed by atoms with Crippen molar-refractivity contribution in [3.8, 4) is 5.69 Å². The number of rotatable bonds is 3. The van der Waals surface area contributed by atoms with Crippen molar-refractivity contribution in [3.63, 3.8) is 0 Å². The zero-order chi connectivity index (χ0) is 18.8. The van der Waals surface area contributed by atoms with Gasteiger partial charge in [-0.15, -0.1) is 0 Å². The first-order valence-corrected chi connectivity index (χ1v) is 9.44. The van der Waals surface area contributed by atoms with Gasteiger partial charge in [-0.25, -0.2) is 4.68 Å². The number of halogens is 1. The molecule has 1 aromatic heterocycles. The maximum atomic E-state index is 12.7. The summed E-state index contributed by atoms with van der Waals surface area (Å²) in [4.78, 5) is 12.7. The standard InChI is InChI=1S/C23H17BrN2O/c1-16-6-8-17(9-7-16)10-15-21-20-4-2-3-5-22(27)23(20)26(25-21)19-13-11-18(24)12-14-19/h2-15H,1H3. The lowest BCUT2D eigenvalue weighted by Crippen LogP contribution is -2.04. The molecule has 4 aromatic rings. The average molecular weight is 417 g/mol. The van der Waals surface area contributed by atoms with Gasteiger partial charge in [0.2, 0.25) is 5.43 Å². The highest BCUT2D eigenvalue weighted by atomic mass is 79.9. The number of benzene rings is 2. The minimum atomic E-state index is -0.0552. The van der Waals surface area contributed by atoms with Crippen molar-refractivity contribution in [2.75, 3.05) is 0 Å². The Morgan fingerprint density at radius 3 is 2.33 bits per heavy atom. The molecular formula is C23H17BrN2O. The SMILES string of the molecule is Cc1ccc(C=Cc2nn(-c3ccc(Br)cc3)c3c(=O)ccccc23)cc1. The molecule has 0 unspecified atom stereocenters. The van der Waals surface area contributed by atoms with Gasteiger partial charge in [0, 0.05) is 9.86 Å². The quantitative estimate of drug-likeness (QED) is 0.433. The second-order valence-electron chi connectivity index (χ2n) is 6.36. The molecule has 27 heavy (non-hydrogen) atoms. The maximum absolute atomic E-state index is 12.7. The van der Waals surface area contributed by atoms with Gasteiger partial charge in [-0.2, -0.15) is 5.10 Å². The van der Waals surface area contributed by atoms with E-state index in [1.54, 1.807) is 16.8 Å². The van der Waals surface area contributed by atoms with Crippen LogP contribution in [0.3, 0.4) is 0 Å². The second kappa shape index (κ2) is 7.33. The number of fused-ring (bicyclic) bond motifs is 1. The third kappa shape index (κ3) is 3.62. The van der Waals surface area contributed by atoms with Gasteiger partial charge in [-0.05, 0) is 48.9 Å². The highest BCUT2D eigenvalue weighted by Gasteiger charge is 2.12. The number of nitrogens with zero attached hydrogens (tertiary/aromatic N) is 2. The summed E-state index contributed by atoms with van der Waals surface area (Å²) in [5, 5.41) is 5.55. The summed E-state index contributed by atoms with van der Waals surface area (Å²) in [6.45, 7) is 2.07. The second-order valence-corrected chi connectivity index (χ2v) is 7.28. The first-order chi connectivity index (χ1) is 13.1. The molecule has 0 aliphatic heterocycles. The molecule has 0 N–H and O–H groups in total. The van der Waals surface area contributed by atoms with E-state index in [-0.39, 0.29) is 5.43 Å². The van der Waals surface area contributed by atoms with E-state index in [4.69, 9.17) is 5.10 Å². The van der Waals surface area contributed by atoms with Crippen molar-refractivity contribution in [3.05, 3.63) is 104 Å². The molecule has 0 bridgehead atoms. The zero-order valence-corrected chi connectivity index (χ0v) is 16.3. The molecule has 3 nitrogen and oxygen atoms in total. The highest BCUT2D eigenvalue weighted by Crippen LogP contribution is 2.22. The van der Waals surface area contributed by atoms with Crippen molar-refractivity contribution in [1.29, 1.82) is 0 Å². The lowest BCUT2D eigenvalue weighted by atomic mass is 10.1. The Balaban J connectivity index is 1.90. The van der Waals surface area contributed by atoms with Crippen molar-refractivity contribution in [2.45, 2.75) is 6.92 Å². The van der Waals surface area contributed by atoms with Gasteiger partial charge in [0.25, 0.3) is 0 Å². The molecule has 4 rings (SSSR count). The van der Waals surface area contributed by atoms with Gasteiger partial charge in [0.05, 0.1) is 11.4 Å². The predicted octanol–water partition coefficient (Wildman–Crippen LogP) is 5.63. The van der Waals surface area contributed by atoms with Crippen LogP contribution in [0.15, 0.2) is 82.1 Å². The number of aromatic nitrogens is 2. The summed E-state index contributed by atoms with van der Waals surface area (Å²) >= 11 is 3.45. The molecule has 1 heterocycles. The third-order valence-corrected chi connectivity index (χ3v) is 4.92. The van der Waals surface area contributed by atoms with Crippen molar-refractivity contribution < 1.29 is 0 Å². The molecule has 0 aliphatic rings. The van der Waals surface area contributed by atoms with E-state index in [9.17, 15) is 4.79 Å². The summed E-state index contributed by atoms with van der Waals surface area (Å²) in [5.74, 6) is 0. The van der Waals surface area contributed by atoms with Crippen molar-refractivity contribution >= 4 is 39.0 Å². The summed E-state index contributed by atoms with van der Waals surface area (Å²) in [6, 6.07) is 23.2. The first-order valence-electron chi connectivity index (χ1n) is 8.64. The van der Waals surface area contributed by atoms with Crippen molar-refractivity contribution in [2.24, 2.45) is 0 Å². The fourth-order valence-corrected chi connectivity index (χ4v) is 3.23. The van der Waals surface area contributed by atoms with Crippen LogP contribution in [0.2, 0.25) is 0 Å². The van der Waals surface area contributed by atoms with E-state index in [0.717, 1.165) is 26.8 Å². The topological polar surface area (TPSA) is 34.9 Å². The highest BCUT2D eigenvalue weighted by molar-refractivity contribution is 9.10. The maximum Gasteiger partial charge on any atom is 0.204 e. The Labute approximate surface area is 165 Å². The molecule has 0 amide bonds. The third-order valence-electron chi connectivity index (χ3n) is 4.39. The minimum Gasteiger partial charge on any atom is -0.288 e. The van der Waals surface area contributed by atoms with Crippen LogP contribution in [0, 0.1) is 6.92 Å². The smallest absolute Gasteiger partial charge is 0.204 e. The van der Waals surface area contributed by atoms with E-state index in [2.05, 4.69) is 47.1 Å². The Kier molecular flexibility index (Phi) is 4.73. The van der Waals surface area contributed by atoms with E-state index < -0.39 is 0 Å². The van der Waals surface area contributed by atoms with Gasteiger partial charge in [0.15, 0.2) is 0 Å². The molecule has 4 heteroatoms. The molecule has 0 saturated carbocycles. The Bertz CT molecular complexity index is 1190. The molecule has 0 saturated heterocycles. The van der Waals surface area contributed by atoms with Crippen LogP contribution in [0.25, 0.3) is 28.7 Å². The first kappa shape index (κ1) is 17.4. The summed E-state index contributed by atoms with van der Waals surface area (Å²) < 4.78 is 2.70. The van der Waals surface area contributed by atoms with E-state index in [0.29, 0.717) is 5.52 Å².